The number of carbonyl (C=O) groups excluding carboxylic acids is 2. The van der Waals surface area contributed by atoms with E-state index in [9.17, 15) is 22.4 Å². The molecule has 0 aliphatic rings. The Hall–Kier alpha value is -3.92. The van der Waals surface area contributed by atoms with Crippen LogP contribution in [0.15, 0.2) is 108 Å². The van der Waals surface area contributed by atoms with Gasteiger partial charge in [-0.25, -0.2) is 12.8 Å². The van der Waals surface area contributed by atoms with E-state index in [-0.39, 0.29) is 34.6 Å². The smallest absolute Gasteiger partial charge is 0.264 e. The number of amides is 2. The summed E-state index contributed by atoms with van der Waals surface area (Å²) in [5.74, 6) is -1.81. The highest BCUT2D eigenvalue weighted by Gasteiger charge is 2.35. The van der Waals surface area contributed by atoms with E-state index in [0.29, 0.717) is 17.0 Å². The second-order valence-electron chi connectivity index (χ2n) is 10.6. The van der Waals surface area contributed by atoms with Gasteiger partial charge in [0.05, 0.1) is 15.6 Å². The molecule has 4 aromatic rings. The van der Waals surface area contributed by atoms with Gasteiger partial charge in [0.25, 0.3) is 10.0 Å². The lowest BCUT2D eigenvalue weighted by Crippen LogP contribution is -2.54. The highest BCUT2D eigenvalue weighted by Crippen LogP contribution is 2.29. The minimum absolute atomic E-state index is 0.0139. The van der Waals surface area contributed by atoms with Crippen LogP contribution in [0.1, 0.15) is 31.4 Å². The predicted molar refractivity (Wildman–Crippen MR) is 176 cm³/mol. The number of hydrogen-bond donors (Lipinski definition) is 1. The van der Waals surface area contributed by atoms with Crippen molar-refractivity contribution in [1.82, 2.24) is 10.2 Å². The van der Waals surface area contributed by atoms with Crippen LogP contribution in [0, 0.1) is 5.82 Å². The third-order valence-corrected chi connectivity index (χ3v) is 9.82. The maximum atomic E-state index is 14.5. The van der Waals surface area contributed by atoms with Crippen LogP contribution in [0.4, 0.5) is 10.1 Å². The van der Waals surface area contributed by atoms with Crippen LogP contribution in [0.5, 0.6) is 0 Å². The van der Waals surface area contributed by atoms with Crippen molar-refractivity contribution < 1.29 is 22.4 Å². The van der Waals surface area contributed by atoms with E-state index in [1.54, 1.807) is 42.5 Å². The quantitative estimate of drug-likeness (QED) is 0.168. The van der Waals surface area contributed by atoms with E-state index in [4.69, 9.17) is 23.2 Å². The number of nitrogens with zero attached hydrogens (tertiary/aromatic N) is 2. The van der Waals surface area contributed by atoms with Crippen LogP contribution >= 0.6 is 23.2 Å². The summed E-state index contributed by atoms with van der Waals surface area (Å²) in [6.45, 7) is 3.02. The molecule has 236 valence electrons. The first kappa shape index (κ1) is 34.0. The summed E-state index contributed by atoms with van der Waals surface area (Å²) < 4.78 is 43.0. The first-order valence-electron chi connectivity index (χ1n) is 14.4. The summed E-state index contributed by atoms with van der Waals surface area (Å²) in [6.07, 6.45) is 0.823. The van der Waals surface area contributed by atoms with E-state index in [0.717, 1.165) is 22.0 Å². The van der Waals surface area contributed by atoms with E-state index in [1.807, 2.05) is 44.2 Å². The fourth-order valence-corrected chi connectivity index (χ4v) is 6.49. The number of halogens is 3. The van der Waals surface area contributed by atoms with Gasteiger partial charge in [0.1, 0.15) is 18.4 Å². The Balaban J connectivity index is 1.83. The molecule has 0 saturated carbocycles. The average molecular weight is 671 g/mol. The molecule has 0 aromatic heterocycles. The van der Waals surface area contributed by atoms with Crippen molar-refractivity contribution in [2.75, 3.05) is 10.8 Å². The third kappa shape index (κ3) is 8.63. The van der Waals surface area contributed by atoms with Crippen LogP contribution < -0.4 is 9.62 Å². The normalized spacial score (nSPS) is 12.6. The summed E-state index contributed by atoms with van der Waals surface area (Å²) >= 11 is 12.6. The molecule has 4 aromatic carbocycles. The monoisotopic (exact) mass is 669 g/mol. The molecule has 11 heteroatoms. The molecule has 4 rings (SSSR count). The summed E-state index contributed by atoms with van der Waals surface area (Å²) in [4.78, 5) is 29.6. The maximum Gasteiger partial charge on any atom is 0.264 e. The number of anilines is 1. The Labute approximate surface area is 273 Å². The number of benzene rings is 4. The Morgan fingerprint density at radius 3 is 2.11 bits per heavy atom. The minimum Gasteiger partial charge on any atom is -0.352 e. The van der Waals surface area contributed by atoms with Crippen LogP contribution in [-0.4, -0.2) is 43.8 Å². The molecule has 0 aliphatic carbocycles. The lowest BCUT2D eigenvalue weighted by molar-refractivity contribution is -0.140. The van der Waals surface area contributed by atoms with Crippen molar-refractivity contribution in [2.45, 2.75) is 50.2 Å². The largest absolute Gasteiger partial charge is 0.352 e. The predicted octanol–water partition coefficient (Wildman–Crippen LogP) is 6.88. The van der Waals surface area contributed by atoms with Gasteiger partial charge in [-0.05, 0) is 60.9 Å². The van der Waals surface area contributed by atoms with Crippen molar-refractivity contribution in [3.8, 4) is 0 Å². The zero-order valence-electron chi connectivity index (χ0n) is 24.9. The topological polar surface area (TPSA) is 86.8 Å². The van der Waals surface area contributed by atoms with Crippen LogP contribution in [0.3, 0.4) is 0 Å². The molecule has 0 saturated heterocycles. The molecule has 0 aliphatic heterocycles. The van der Waals surface area contributed by atoms with Gasteiger partial charge in [-0.3, -0.25) is 13.9 Å². The Morgan fingerprint density at radius 1 is 0.867 bits per heavy atom. The first-order chi connectivity index (χ1) is 21.5. The van der Waals surface area contributed by atoms with Gasteiger partial charge in [-0.15, -0.1) is 0 Å². The highest BCUT2D eigenvalue weighted by atomic mass is 35.5. The minimum atomic E-state index is -4.34. The number of sulfonamides is 1. The average Bonchev–Trinajstić information content (AvgIpc) is 3.04. The molecular weight excluding hydrogens is 636 g/mol. The van der Waals surface area contributed by atoms with Crippen molar-refractivity contribution in [2.24, 2.45) is 0 Å². The van der Waals surface area contributed by atoms with Crippen molar-refractivity contribution in [1.29, 1.82) is 0 Å². The maximum absolute atomic E-state index is 14.5. The van der Waals surface area contributed by atoms with Gasteiger partial charge in [0, 0.05) is 24.0 Å². The van der Waals surface area contributed by atoms with E-state index in [1.165, 1.54) is 23.1 Å². The zero-order valence-corrected chi connectivity index (χ0v) is 27.2. The molecule has 0 fully saturated rings. The number of nitrogens with one attached hydrogen (secondary N) is 1. The van der Waals surface area contributed by atoms with Crippen molar-refractivity contribution in [3.05, 3.63) is 130 Å². The van der Waals surface area contributed by atoms with Gasteiger partial charge in [-0.2, -0.15) is 0 Å². The fraction of sp³-hybridized carbons (Fsp3) is 0.235. The SMILES string of the molecule is CC[C@@H](C)NC(=O)[C@@H](Cc1ccccc1)N(Cc1ccccc1Cl)C(=O)CN(c1ccc(F)c(Cl)c1)S(=O)(=O)c1ccccc1. The zero-order chi connectivity index (χ0) is 32.6. The second kappa shape index (κ2) is 15.4. The second-order valence-corrected chi connectivity index (χ2v) is 13.2. The van der Waals surface area contributed by atoms with Gasteiger partial charge in [0.15, 0.2) is 0 Å². The molecular formula is C34H34Cl2FN3O4S. The standard InChI is InChI=1S/C34H34Cl2FN3O4S/c1-3-24(2)38-34(42)32(20-25-12-6-4-7-13-25)39(22-26-14-10-11-17-29(26)35)33(41)23-40(27-18-19-31(37)30(36)21-27)45(43,44)28-15-8-5-9-16-28/h4-19,21,24,32H,3,20,22-23H2,1-2H3,(H,38,42)/t24-,32-/m1/s1. The molecule has 0 bridgehead atoms. The molecule has 2 atom stereocenters. The van der Waals surface area contributed by atoms with E-state index >= 15 is 0 Å². The van der Waals surface area contributed by atoms with Crippen molar-refractivity contribution in [3.63, 3.8) is 0 Å². The van der Waals surface area contributed by atoms with E-state index < -0.39 is 40.2 Å². The summed E-state index contributed by atoms with van der Waals surface area (Å²) in [7, 11) is -4.34. The summed E-state index contributed by atoms with van der Waals surface area (Å²) in [5.41, 5.74) is 1.36. The Kier molecular flexibility index (Phi) is 11.6. The van der Waals surface area contributed by atoms with Gasteiger partial charge in [0.2, 0.25) is 11.8 Å². The first-order valence-corrected chi connectivity index (χ1v) is 16.6. The molecule has 0 heterocycles. The number of rotatable bonds is 13. The number of carbonyl (C=O) groups is 2. The van der Waals surface area contributed by atoms with Crippen LogP contribution in [0.2, 0.25) is 10.0 Å². The molecule has 0 unspecified atom stereocenters. The van der Waals surface area contributed by atoms with Crippen LogP contribution in [0.25, 0.3) is 0 Å². The van der Waals surface area contributed by atoms with E-state index in [2.05, 4.69) is 5.32 Å². The van der Waals surface area contributed by atoms with Crippen LogP contribution in [-0.2, 0) is 32.6 Å². The fourth-order valence-electron chi connectivity index (χ4n) is 4.69. The summed E-state index contributed by atoms with van der Waals surface area (Å²) in [6, 6.07) is 26.0. The Bertz CT molecular complexity index is 1730. The van der Waals surface area contributed by atoms with Gasteiger partial charge >= 0.3 is 0 Å². The molecule has 1 N–H and O–H groups in total. The molecule has 0 spiro atoms. The lowest BCUT2D eigenvalue weighted by atomic mass is 10.0. The Morgan fingerprint density at radius 2 is 1.49 bits per heavy atom. The van der Waals surface area contributed by atoms with Gasteiger partial charge < -0.3 is 10.2 Å². The summed E-state index contributed by atoms with van der Waals surface area (Å²) in [5, 5.41) is 3.06. The number of hydrogen-bond acceptors (Lipinski definition) is 4. The molecule has 7 nitrogen and oxygen atoms in total. The highest BCUT2D eigenvalue weighted by molar-refractivity contribution is 7.92. The lowest BCUT2D eigenvalue weighted by Gasteiger charge is -2.34. The van der Waals surface area contributed by atoms with Crippen molar-refractivity contribution >= 4 is 50.7 Å². The third-order valence-electron chi connectivity index (χ3n) is 7.37. The molecule has 2 amide bonds. The van der Waals surface area contributed by atoms with Gasteiger partial charge in [-0.1, -0.05) is 96.9 Å². The molecule has 45 heavy (non-hydrogen) atoms. The molecule has 0 radical (unpaired) electrons.